The lowest BCUT2D eigenvalue weighted by Gasteiger charge is -1.97. The molecule has 0 unspecified atom stereocenters. The van der Waals surface area contributed by atoms with Crippen LogP contribution in [0.4, 0.5) is 0 Å². The molecular formula is C11H9NO2S2. The van der Waals surface area contributed by atoms with E-state index in [1.165, 1.54) is 11.3 Å². The third kappa shape index (κ3) is 2.84. The topological polar surface area (TPSA) is 50.2 Å². The molecule has 5 heteroatoms. The number of benzene rings is 1. The number of aromatic nitrogens is 1. The second kappa shape index (κ2) is 5.14. The summed E-state index contributed by atoms with van der Waals surface area (Å²) in [5, 5.41) is 10.7. The highest BCUT2D eigenvalue weighted by molar-refractivity contribution is 7.98. The number of hydrogen-bond donors (Lipinski definition) is 1. The molecule has 82 valence electrons. The van der Waals surface area contributed by atoms with Gasteiger partial charge in [0.05, 0.1) is 5.69 Å². The van der Waals surface area contributed by atoms with Crippen molar-refractivity contribution in [1.29, 1.82) is 0 Å². The molecule has 0 amide bonds. The summed E-state index contributed by atoms with van der Waals surface area (Å²) in [5.74, 6) is -0.255. The molecule has 0 aliphatic heterocycles. The first-order valence-corrected chi connectivity index (χ1v) is 6.48. The Hall–Kier alpha value is -1.33. The van der Waals surface area contributed by atoms with Crippen molar-refractivity contribution in [2.24, 2.45) is 0 Å². The Balaban J connectivity index is 1.97. The van der Waals surface area contributed by atoms with Crippen molar-refractivity contribution in [2.45, 2.75) is 10.6 Å². The SMILES string of the molecule is O=C(O)c1nc(CSc2ccccc2)cs1. The number of hydrogen-bond acceptors (Lipinski definition) is 4. The van der Waals surface area contributed by atoms with Crippen molar-refractivity contribution in [2.75, 3.05) is 0 Å². The van der Waals surface area contributed by atoms with E-state index in [9.17, 15) is 4.79 Å². The largest absolute Gasteiger partial charge is 0.476 e. The lowest BCUT2D eigenvalue weighted by atomic mass is 10.4. The van der Waals surface area contributed by atoms with Crippen LogP contribution in [0.3, 0.4) is 0 Å². The zero-order valence-electron chi connectivity index (χ0n) is 8.29. The molecule has 1 N–H and O–H groups in total. The van der Waals surface area contributed by atoms with E-state index in [2.05, 4.69) is 4.98 Å². The zero-order chi connectivity index (χ0) is 11.4. The van der Waals surface area contributed by atoms with Gasteiger partial charge in [0.25, 0.3) is 0 Å². The third-order valence-electron chi connectivity index (χ3n) is 1.86. The Kier molecular flexibility index (Phi) is 3.58. The zero-order valence-corrected chi connectivity index (χ0v) is 9.92. The maximum Gasteiger partial charge on any atom is 0.365 e. The number of aromatic carboxylic acids is 1. The molecule has 0 aliphatic carbocycles. The highest BCUT2D eigenvalue weighted by atomic mass is 32.2. The molecule has 16 heavy (non-hydrogen) atoms. The van der Waals surface area contributed by atoms with Gasteiger partial charge in [-0.05, 0) is 12.1 Å². The lowest BCUT2D eigenvalue weighted by molar-refractivity contribution is 0.0696. The van der Waals surface area contributed by atoms with E-state index < -0.39 is 5.97 Å². The van der Waals surface area contributed by atoms with Gasteiger partial charge in [0.1, 0.15) is 0 Å². The first-order valence-electron chi connectivity index (χ1n) is 4.61. The van der Waals surface area contributed by atoms with Crippen molar-refractivity contribution in [1.82, 2.24) is 4.98 Å². The second-order valence-electron chi connectivity index (χ2n) is 3.05. The van der Waals surface area contributed by atoms with Gasteiger partial charge in [0.2, 0.25) is 5.01 Å². The van der Waals surface area contributed by atoms with Crippen LogP contribution in [0.1, 0.15) is 15.5 Å². The van der Waals surface area contributed by atoms with Gasteiger partial charge < -0.3 is 5.11 Å². The Morgan fingerprint density at radius 1 is 1.38 bits per heavy atom. The van der Waals surface area contributed by atoms with Crippen molar-refractivity contribution >= 4 is 29.1 Å². The molecule has 0 spiro atoms. The number of carboxylic acid groups (broad SMARTS) is 1. The number of thioether (sulfide) groups is 1. The highest BCUT2D eigenvalue weighted by Crippen LogP contribution is 2.23. The van der Waals surface area contributed by atoms with Gasteiger partial charge in [-0.25, -0.2) is 9.78 Å². The second-order valence-corrected chi connectivity index (χ2v) is 4.96. The summed E-state index contributed by atoms with van der Waals surface area (Å²) in [6.07, 6.45) is 0. The molecule has 2 aromatic rings. The van der Waals surface area contributed by atoms with E-state index in [-0.39, 0.29) is 5.01 Å². The summed E-state index contributed by atoms with van der Waals surface area (Å²) in [4.78, 5) is 15.8. The van der Waals surface area contributed by atoms with Gasteiger partial charge in [-0.15, -0.1) is 23.1 Å². The predicted octanol–water partition coefficient (Wildman–Crippen LogP) is 3.13. The lowest BCUT2D eigenvalue weighted by Crippen LogP contribution is -1.94. The van der Waals surface area contributed by atoms with Crippen molar-refractivity contribution in [3.05, 3.63) is 46.4 Å². The molecule has 0 atom stereocenters. The van der Waals surface area contributed by atoms with Crippen molar-refractivity contribution < 1.29 is 9.90 Å². The van der Waals surface area contributed by atoms with Crippen LogP contribution >= 0.6 is 23.1 Å². The molecule has 1 aromatic heterocycles. The number of rotatable bonds is 4. The van der Waals surface area contributed by atoms with Crippen molar-refractivity contribution in [3.8, 4) is 0 Å². The van der Waals surface area contributed by atoms with E-state index in [0.29, 0.717) is 5.75 Å². The normalized spacial score (nSPS) is 10.2. The summed E-state index contributed by atoms with van der Waals surface area (Å²) in [6.45, 7) is 0. The minimum atomic E-state index is -0.957. The van der Waals surface area contributed by atoms with Gasteiger partial charge >= 0.3 is 5.97 Å². The van der Waals surface area contributed by atoms with Crippen LogP contribution in [-0.4, -0.2) is 16.1 Å². The van der Waals surface area contributed by atoms with Gasteiger partial charge in [-0.2, -0.15) is 0 Å². The van der Waals surface area contributed by atoms with Gasteiger partial charge in [-0.1, -0.05) is 18.2 Å². The summed E-state index contributed by atoms with van der Waals surface area (Å²) in [5.41, 5.74) is 0.816. The standard InChI is InChI=1S/C11H9NO2S2/c13-11(14)10-12-8(7-16-10)6-15-9-4-2-1-3-5-9/h1-5,7H,6H2,(H,13,14). The minimum Gasteiger partial charge on any atom is -0.476 e. The molecular weight excluding hydrogens is 242 g/mol. The van der Waals surface area contributed by atoms with Crippen LogP contribution in [0, 0.1) is 0 Å². The number of thiazole rings is 1. The molecule has 0 aliphatic rings. The van der Waals surface area contributed by atoms with E-state index in [1.807, 2.05) is 30.3 Å². The summed E-state index contributed by atoms with van der Waals surface area (Å²) in [7, 11) is 0. The van der Waals surface area contributed by atoms with Crippen LogP contribution in [-0.2, 0) is 5.75 Å². The molecule has 0 fully saturated rings. The number of nitrogens with zero attached hydrogens (tertiary/aromatic N) is 1. The monoisotopic (exact) mass is 251 g/mol. The molecule has 3 nitrogen and oxygen atoms in total. The van der Waals surface area contributed by atoms with Gasteiger partial charge in [0.15, 0.2) is 0 Å². The van der Waals surface area contributed by atoms with Crippen LogP contribution in [0.15, 0.2) is 40.6 Å². The molecule has 0 bridgehead atoms. The van der Waals surface area contributed by atoms with Crippen molar-refractivity contribution in [3.63, 3.8) is 0 Å². The molecule has 1 aromatic carbocycles. The Labute approximate surface area is 101 Å². The Bertz CT molecular complexity index is 482. The average molecular weight is 251 g/mol. The number of carbonyl (C=O) groups is 1. The molecule has 0 radical (unpaired) electrons. The van der Waals surface area contributed by atoms with Gasteiger partial charge in [0, 0.05) is 16.0 Å². The van der Waals surface area contributed by atoms with E-state index in [1.54, 1.807) is 17.1 Å². The maximum absolute atomic E-state index is 10.6. The van der Waals surface area contributed by atoms with Crippen LogP contribution < -0.4 is 0 Å². The molecule has 0 saturated heterocycles. The van der Waals surface area contributed by atoms with E-state index in [0.717, 1.165) is 10.6 Å². The first-order chi connectivity index (χ1) is 7.75. The minimum absolute atomic E-state index is 0.156. The first kappa shape index (κ1) is 11.2. The maximum atomic E-state index is 10.6. The predicted molar refractivity (Wildman–Crippen MR) is 65.1 cm³/mol. The molecule has 2 rings (SSSR count). The summed E-state index contributed by atoms with van der Waals surface area (Å²) < 4.78 is 0. The fraction of sp³-hybridized carbons (Fsp3) is 0.0909. The van der Waals surface area contributed by atoms with Crippen LogP contribution in [0.2, 0.25) is 0 Å². The quantitative estimate of drug-likeness (QED) is 0.848. The Morgan fingerprint density at radius 3 is 2.75 bits per heavy atom. The average Bonchev–Trinajstić information content (AvgIpc) is 2.76. The Morgan fingerprint density at radius 2 is 2.12 bits per heavy atom. The molecule has 1 heterocycles. The highest BCUT2D eigenvalue weighted by Gasteiger charge is 2.08. The summed E-state index contributed by atoms with van der Waals surface area (Å²) >= 11 is 2.82. The van der Waals surface area contributed by atoms with Crippen LogP contribution in [0.5, 0.6) is 0 Å². The third-order valence-corrected chi connectivity index (χ3v) is 3.79. The summed E-state index contributed by atoms with van der Waals surface area (Å²) in [6, 6.07) is 9.97. The fourth-order valence-electron chi connectivity index (χ4n) is 1.15. The van der Waals surface area contributed by atoms with E-state index >= 15 is 0 Å². The van der Waals surface area contributed by atoms with Gasteiger partial charge in [-0.3, -0.25) is 0 Å². The number of carboxylic acids is 1. The molecule has 0 saturated carbocycles. The van der Waals surface area contributed by atoms with Crippen LogP contribution in [0.25, 0.3) is 0 Å². The fourth-order valence-corrected chi connectivity index (χ4v) is 2.72. The van der Waals surface area contributed by atoms with E-state index in [4.69, 9.17) is 5.11 Å². The smallest absolute Gasteiger partial charge is 0.365 e.